The Balaban J connectivity index is 4.45. The molecular weight excluding hydrogens is 168 g/mol. The molecule has 0 aromatic carbocycles. The molecule has 14 heavy (non-hydrogen) atoms. The predicted molar refractivity (Wildman–Crippen MR) is 66.5 cm³/mol. The highest BCUT2D eigenvalue weighted by atomic mass is 14.3. The number of hydrogen-bond acceptors (Lipinski definition) is 0. The van der Waals surface area contributed by atoms with Crippen LogP contribution in [-0.2, 0) is 0 Å². The van der Waals surface area contributed by atoms with Crippen molar-refractivity contribution in [2.75, 3.05) is 0 Å². The first-order chi connectivity index (χ1) is 6.49. The molecule has 0 aromatic rings. The molecule has 0 aromatic heterocycles. The van der Waals surface area contributed by atoms with E-state index in [4.69, 9.17) is 0 Å². The summed E-state index contributed by atoms with van der Waals surface area (Å²) in [7, 11) is 0. The van der Waals surface area contributed by atoms with E-state index in [9.17, 15) is 0 Å². The van der Waals surface area contributed by atoms with E-state index in [1.165, 1.54) is 37.7 Å². The maximum Gasteiger partial charge on any atom is -0.00961 e. The van der Waals surface area contributed by atoms with E-state index < -0.39 is 0 Å². The number of hydrogen-bond donors (Lipinski definition) is 0. The van der Waals surface area contributed by atoms with E-state index in [1.807, 2.05) is 0 Å². The lowest BCUT2D eigenvalue weighted by Crippen LogP contribution is -2.25. The fourth-order valence-electron chi connectivity index (χ4n) is 2.01. The van der Waals surface area contributed by atoms with Crippen LogP contribution in [0.4, 0.5) is 0 Å². The van der Waals surface area contributed by atoms with E-state index in [0.717, 1.165) is 0 Å². The molecule has 0 saturated heterocycles. The zero-order valence-electron chi connectivity index (χ0n) is 10.8. The topological polar surface area (TPSA) is 0 Å². The van der Waals surface area contributed by atoms with E-state index in [0.29, 0.717) is 11.3 Å². The molecule has 0 bridgehead atoms. The first kappa shape index (κ1) is 13.7. The summed E-state index contributed by atoms with van der Waals surface area (Å²) in [6, 6.07) is 0. The van der Waals surface area contributed by atoms with Crippen LogP contribution in [0, 0.1) is 11.3 Å². The van der Waals surface area contributed by atoms with Crippen LogP contribution in [-0.4, -0.2) is 0 Å². The average molecular weight is 196 g/mol. The Bertz CT molecular complexity index is 167. The molecule has 0 rings (SSSR count). The maximum absolute atomic E-state index is 4.29. The summed E-state index contributed by atoms with van der Waals surface area (Å²) < 4.78 is 0. The molecule has 0 nitrogen and oxygen atoms in total. The van der Waals surface area contributed by atoms with Crippen molar-refractivity contribution >= 4 is 0 Å². The normalized spacial score (nSPS) is 15.6. The van der Waals surface area contributed by atoms with Gasteiger partial charge >= 0.3 is 0 Å². The minimum Gasteiger partial charge on any atom is -0.0993 e. The average Bonchev–Trinajstić information content (AvgIpc) is 2.14. The van der Waals surface area contributed by atoms with Gasteiger partial charge < -0.3 is 0 Å². The second kappa shape index (κ2) is 6.27. The Morgan fingerprint density at radius 3 is 2.14 bits per heavy atom. The summed E-state index contributed by atoms with van der Waals surface area (Å²) >= 11 is 0. The van der Waals surface area contributed by atoms with Gasteiger partial charge in [-0.25, -0.2) is 0 Å². The number of unbranched alkanes of at least 4 members (excludes halogenated alkanes) is 1. The molecule has 0 heterocycles. The highest BCUT2D eigenvalue weighted by Crippen LogP contribution is 2.41. The summed E-state index contributed by atoms with van der Waals surface area (Å²) in [5.41, 5.74) is 1.83. The molecule has 0 spiro atoms. The van der Waals surface area contributed by atoms with Gasteiger partial charge in [-0.05, 0) is 24.2 Å². The molecule has 1 unspecified atom stereocenters. The summed E-state index contributed by atoms with van der Waals surface area (Å²) in [6.07, 6.45) is 6.35. The van der Waals surface area contributed by atoms with Gasteiger partial charge in [-0.2, -0.15) is 0 Å². The van der Waals surface area contributed by atoms with Crippen LogP contribution in [0.15, 0.2) is 12.2 Å². The maximum atomic E-state index is 4.29. The van der Waals surface area contributed by atoms with Gasteiger partial charge in [0.25, 0.3) is 0 Å². The fourth-order valence-corrected chi connectivity index (χ4v) is 2.01. The lowest BCUT2D eigenvalue weighted by Gasteiger charge is -2.36. The van der Waals surface area contributed by atoms with Gasteiger partial charge in [0.15, 0.2) is 0 Å². The van der Waals surface area contributed by atoms with Crippen molar-refractivity contribution in [1.29, 1.82) is 0 Å². The lowest BCUT2D eigenvalue weighted by atomic mass is 9.69. The van der Waals surface area contributed by atoms with Crippen molar-refractivity contribution in [2.45, 2.75) is 66.7 Å². The van der Waals surface area contributed by atoms with Crippen molar-refractivity contribution in [2.24, 2.45) is 11.3 Å². The molecule has 0 amide bonds. The standard InChI is InChI=1S/C14H28/c1-7-9-11-14(6,12(3)4)13(5)10-8-2/h12H,5,7-11H2,1-4,6H3. The van der Waals surface area contributed by atoms with Crippen LogP contribution < -0.4 is 0 Å². The largest absolute Gasteiger partial charge is 0.0993 e. The van der Waals surface area contributed by atoms with Gasteiger partial charge in [0.1, 0.15) is 0 Å². The van der Waals surface area contributed by atoms with Gasteiger partial charge in [0.05, 0.1) is 0 Å². The van der Waals surface area contributed by atoms with Crippen LogP contribution in [0.1, 0.15) is 66.7 Å². The van der Waals surface area contributed by atoms with Gasteiger partial charge in [-0.15, -0.1) is 0 Å². The smallest absolute Gasteiger partial charge is 0.00961 e. The summed E-state index contributed by atoms with van der Waals surface area (Å²) in [5.74, 6) is 0.716. The quantitative estimate of drug-likeness (QED) is 0.491. The number of rotatable bonds is 7. The Hall–Kier alpha value is -0.260. The summed E-state index contributed by atoms with van der Waals surface area (Å²) in [4.78, 5) is 0. The lowest BCUT2D eigenvalue weighted by molar-refractivity contribution is 0.240. The molecule has 0 fully saturated rings. The fraction of sp³-hybridized carbons (Fsp3) is 0.857. The first-order valence-electron chi connectivity index (χ1n) is 6.17. The van der Waals surface area contributed by atoms with E-state index in [-0.39, 0.29) is 0 Å². The molecule has 84 valence electrons. The highest BCUT2D eigenvalue weighted by molar-refractivity contribution is 5.09. The SMILES string of the molecule is C=C(CCC)C(C)(CCCC)C(C)C. The van der Waals surface area contributed by atoms with Gasteiger partial charge in [-0.1, -0.05) is 66.0 Å². The second-order valence-corrected chi connectivity index (χ2v) is 5.03. The molecule has 0 radical (unpaired) electrons. The predicted octanol–water partition coefficient (Wildman–Crippen LogP) is 5.20. The molecule has 0 aliphatic carbocycles. The van der Waals surface area contributed by atoms with Crippen molar-refractivity contribution in [3.8, 4) is 0 Å². The third kappa shape index (κ3) is 3.48. The van der Waals surface area contributed by atoms with Crippen LogP contribution >= 0.6 is 0 Å². The minimum absolute atomic E-state index is 0.367. The highest BCUT2D eigenvalue weighted by Gasteiger charge is 2.29. The Morgan fingerprint density at radius 2 is 1.79 bits per heavy atom. The van der Waals surface area contributed by atoms with Crippen molar-refractivity contribution in [1.82, 2.24) is 0 Å². The van der Waals surface area contributed by atoms with Crippen LogP contribution in [0.2, 0.25) is 0 Å². The monoisotopic (exact) mass is 196 g/mol. The molecule has 1 atom stereocenters. The Morgan fingerprint density at radius 1 is 1.21 bits per heavy atom. The van der Waals surface area contributed by atoms with E-state index >= 15 is 0 Å². The van der Waals surface area contributed by atoms with Gasteiger partial charge in [-0.3, -0.25) is 0 Å². The Kier molecular flexibility index (Phi) is 6.15. The van der Waals surface area contributed by atoms with Crippen molar-refractivity contribution < 1.29 is 0 Å². The van der Waals surface area contributed by atoms with Gasteiger partial charge in [0.2, 0.25) is 0 Å². The molecule has 0 aliphatic rings. The van der Waals surface area contributed by atoms with Crippen LogP contribution in [0.5, 0.6) is 0 Å². The molecular formula is C14H28. The van der Waals surface area contributed by atoms with Crippen molar-refractivity contribution in [3.05, 3.63) is 12.2 Å². The van der Waals surface area contributed by atoms with E-state index in [2.05, 4.69) is 41.2 Å². The molecule has 0 saturated carbocycles. The van der Waals surface area contributed by atoms with Crippen LogP contribution in [0.25, 0.3) is 0 Å². The minimum atomic E-state index is 0.367. The van der Waals surface area contributed by atoms with Crippen molar-refractivity contribution in [3.63, 3.8) is 0 Å². The zero-order chi connectivity index (χ0) is 11.2. The third-order valence-electron chi connectivity index (χ3n) is 3.68. The summed E-state index contributed by atoms with van der Waals surface area (Å²) in [6.45, 7) is 15.9. The number of allylic oxidation sites excluding steroid dienone is 1. The van der Waals surface area contributed by atoms with Gasteiger partial charge in [0, 0.05) is 0 Å². The summed E-state index contributed by atoms with van der Waals surface area (Å²) in [5, 5.41) is 0. The van der Waals surface area contributed by atoms with E-state index in [1.54, 1.807) is 0 Å². The van der Waals surface area contributed by atoms with Crippen LogP contribution in [0.3, 0.4) is 0 Å². The first-order valence-corrected chi connectivity index (χ1v) is 6.17. The second-order valence-electron chi connectivity index (χ2n) is 5.03. The zero-order valence-corrected chi connectivity index (χ0v) is 10.8. The molecule has 0 aliphatic heterocycles. The Labute approximate surface area is 90.8 Å². The third-order valence-corrected chi connectivity index (χ3v) is 3.68. The molecule has 0 heteroatoms. The molecule has 0 N–H and O–H groups in total.